The van der Waals surface area contributed by atoms with Crippen LogP contribution in [-0.2, 0) is 6.42 Å². The van der Waals surface area contributed by atoms with E-state index in [-0.39, 0.29) is 18.2 Å². The summed E-state index contributed by atoms with van der Waals surface area (Å²) in [6.45, 7) is 0.0671. The summed E-state index contributed by atoms with van der Waals surface area (Å²) in [5.41, 5.74) is 7.40. The third kappa shape index (κ3) is 3.43. The first-order valence-electron chi connectivity index (χ1n) is 9.41. The van der Waals surface area contributed by atoms with Crippen molar-refractivity contribution in [2.75, 3.05) is 11.4 Å². The normalized spacial score (nSPS) is 20.2. The van der Waals surface area contributed by atoms with E-state index in [4.69, 9.17) is 11.0 Å². The van der Waals surface area contributed by atoms with Gasteiger partial charge in [0.15, 0.2) is 0 Å². The van der Waals surface area contributed by atoms with Gasteiger partial charge in [-0.3, -0.25) is 9.78 Å². The maximum atomic E-state index is 11.8. The summed E-state index contributed by atoms with van der Waals surface area (Å²) in [6.07, 6.45) is 5.67. The van der Waals surface area contributed by atoms with Crippen LogP contribution in [0.4, 0.5) is 5.69 Å². The van der Waals surface area contributed by atoms with E-state index in [2.05, 4.69) is 22.2 Å². The fourth-order valence-electron chi connectivity index (χ4n) is 4.08. The number of pyridine rings is 1. The Hall–Kier alpha value is -3.95. The van der Waals surface area contributed by atoms with Crippen LogP contribution in [0.25, 0.3) is 5.52 Å². The second kappa shape index (κ2) is 7.47. The highest BCUT2D eigenvalue weighted by Crippen LogP contribution is 2.40. The molecule has 9 nitrogen and oxygen atoms in total. The van der Waals surface area contributed by atoms with Crippen LogP contribution in [0.3, 0.4) is 0 Å². The molecule has 3 heterocycles. The smallest absolute Gasteiger partial charge is 0.252 e. The number of aromatic nitrogens is 3. The van der Waals surface area contributed by atoms with Crippen molar-refractivity contribution in [1.82, 2.24) is 14.6 Å². The molecule has 1 fully saturated rings. The molecule has 1 amide bonds. The van der Waals surface area contributed by atoms with E-state index < -0.39 is 11.5 Å². The number of rotatable bonds is 6. The van der Waals surface area contributed by atoms with Crippen LogP contribution in [0.1, 0.15) is 34.5 Å². The van der Waals surface area contributed by atoms with Crippen molar-refractivity contribution in [2.24, 2.45) is 5.73 Å². The molecule has 3 N–H and O–H groups in total. The molecule has 0 aliphatic heterocycles. The van der Waals surface area contributed by atoms with Crippen molar-refractivity contribution in [3.05, 3.63) is 59.7 Å². The third-order valence-electron chi connectivity index (χ3n) is 5.50. The van der Waals surface area contributed by atoms with Gasteiger partial charge in [0.1, 0.15) is 12.6 Å². The van der Waals surface area contributed by atoms with Gasteiger partial charge in [-0.1, -0.05) is 0 Å². The Morgan fingerprint density at radius 1 is 1.33 bits per heavy atom. The largest absolute Gasteiger partial charge is 0.389 e. The average Bonchev–Trinajstić information content (AvgIpc) is 3.12. The number of fused-ring (bicyclic) bond motifs is 1. The molecule has 150 valence electrons. The van der Waals surface area contributed by atoms with E-state index in [1.807, 2.05) is 12.1 Å². The van der Waals surface area contributed by atoms with Crippen LogP contribution in [0, 0.1) is 22.7 Å². The minimum Gasteiger partial charge on any atom is -0.389 e. The van der Waals surface area contributed by atoms with Crippen LogP contribution in [0.15, 0.2) is 42.9 Å². The van der Waals surface area contributed by atoms with Gasteiger partial charge in [0.25, 0.3) is 5.91 Å². The lowest BCUT2D eigenvalue weighted by Crippen LogP contribution is -2.57. The van der Waals surface area contributed by atoms with Crippen LogP contribution in [-0.4, -0.2) is 43.8 Å². The standard InChI is InChI=1S/C21H19N7O2/c22-4-6-27(19-3-5-25-13-18(19)20(24)29)17-9-21(30,10-17)8-16-2-1-15-7-14(11-23)12-26-28(15)16/h1-3,5,7,12-13,17,30H,6,8-10H2,(H2,24,29). The number of nitrogens with two attached hydrogens (primary N) is 1. The second-order valence-electron chi connectivity index (χ2n) is 7.52. The number of aliphatic hydroxyl groups is 1. The van der Waals surface area contributed by atoms with Gasteiger partial charge in [-0.2, -0.15) is 15.6 Å². The molecule has 30 heavy (non-hydrogen) atoms. The molecule has 4 rings (SSSR count). The van der Waals surface area contributed by atoms with Gasteiger partial charge >= 0.3 is 0 Å². The molecule has 0 bridgehead atoms. The van der Waals surface area contributed by atoms with E-state index >= 15 is 0 Å². The molecule has 0 unspecified atom stereocenters. The molecule has 1 aliphatic rings. The molecular weight excluding hydrogens is 382 g/mol. The zero-order valence-electron chi connectivity index (χ0n) is 16.1. The Morgan fingerprint density at radius 3 is 2.83 bits per heavy atom. The van der Waals surface area contributed by atoms with Crippen LogP contribution in [0.5, 0.6) is 0 Å². The van der Waals surface area contributed by atoms with Gasteiger partial charge < -0.3 is 15.7 Å². The summed E-state index contributed by atoms with van der Waals surface area (Å²) >= 11 is 0. The number of carbonyl (C=O) groups is 1. The molecular formula is C21H19N7O2. The monoisotopic (exact) mass is 401 g/mol. The Balaban J connectivity index is 1.53. The zero-order chi connectivity index (χ0) is 21.3. The van der Waals surface area contributed by atoms with Gasteiger partial charge in [-0.25, -0.2) is 4.52 Å². The summed E-state index contributed by atoms with van der Waals surface area (Å²) < 4.78 is 1.72. The fourth-order valence-corrected chi connectivity index (χ4v) is 4.08. The van der Waals surface area contributed by atoms with Gasteiger partial charge in [-0.05, 0) is 37.1 Å². The van der Waals surface area contributed by atoms with E-state index in [1.54, 1.807) is 27.7 Å². The van der Waals surface area contributed by atoms with E-state index in [9.17, 15) is 15.2 Å². The van der Waals surface area contributed by atoms with E-state index in [0.717, 1.165) is 11.2 Å². The predicted molar refractivity (Wildman–Crippen MR) is 107 cm³/mol. The molecule has 0 atom stereocenters. The van der Waals surface area contributed by atoms with Crippen molar-refractivity contribution < 1.29 is 9.90 Å². The van der Waals surface area contributed by atoms with Crippen molar-refractivity contribution in [3.8, 4) is 12.1 Å². The van der Waals surface area contributed by atoms with Crippen molar-refractivity contribution in [2.45, 2.75) is 30.9 Å². The number of nitriles is 2. The molecule has 0 aromatic carbocycles. The summed E-state index contributed by atoms with van der Waals surface area (Å²) in [4.78, 5) is 17.5. The Kier molecular flexibility index (Phi) is 4.82. The minimum atomic E-state index is -0.956. The van der Waals surface area contributed by atoms with Crippen molar-refractivity contribution in [1.29, 1.82) is 10.5 Å². The quantitative estimate of drug-likeness (QED) is 0.590. The maximum absolute atomic E-state index is 11.8. The first-order valence-corrected chi connectivity index (χ1v) is 9.41. The molecule has 1 saturated carbocycles. The highest BCUT2D eigenvalue weighted by atomic mass is 16.3. The van der Waals surface area contributed by atoms with Crippen LogP contribution >= 0.6 is 0 Å². The lowest BCUT2D eigenvalue weighted by atomic mass is 9.72. The van der Waals surface area contributed by atoms with Gasteiger partial charge in [-0.15, -0.1) is 0 Å². The molecule has 3 aromatic heterocycles. The summed E-state index contributed by atoms with van der Waals surface area (Å²) in [5.74, 6) is -0.613. The molecule has 9 heteroatoms. The molecule has 0 saturated heterocycles. The Bertz CT molecular complexity index is 1200. The number of anilines is 1. The fraction of sp³-hybridized carbons (Fsp3) is 0.286. The molecule has 3 aromatic rings. The number of hydrogen-bond donors (Lipinski definition) is 2. The third-order valence-corrected chi connectivity index (χ3v) is 5.50. The van der Waals surface area contributed by atoms with Crippen molar-refractivity contribution in [3.63, 3.8) is 0 Å². The zero-order valence-corrected chi connectivity index (χ0v) is 16.1. The molecule has 1 aliphatic carbocycles. The number of hydrogen-bond acceptors (Lipinski definition) is 7. The second-order valence-corrected chi connectivity index (χ2v) is 7.52. The molecule has 0 spiro atoms. The first kappa shape index (κ1) is 19.4. The van der Waals surface area contributed by atoms with Gasteiger partial charge in [0, 0.05) is 30.6 Å². The lowest BCUT2D eigenvalue weighted by Gasteiger charge is -2.49. The number of amides is 1. The summed E-state index contributed by atoms with van der Waals surface area (Å²) in [5, 5.41) is 33.6. The average molecular weight is 401 g/mol. The number of primary amides is 1. The van der Waals surface area contributed by atoms with E-state index in [1.165, 1.54) is 12.4 Å². The Morgan fingerprint density at radius 2 is 2.13 bits per heavy atom. The van der Waals surface area contributed by atoms with Gasteiger partial charge in [0.2, 0.25) is 0 Å². The lowest BCUT2D eigenvalue weighted by molar-refractivity contribution is -0.0480. The van der Waals surface area contributed by atoms with Crippen molar-refractivity contribution >= 4 is 17.1 Å². The predicted octanol–water partition coefficient (Wildman–Crippen LogP) is 1.17. The first-order chi connectivity index (χ1) is 14.4. The number of nitrogens with zero attached hydrogens (tertiary/aromatic N) is 6. The highest BCUT2D eigenvalue weighted by molar-refractivity contribution is 5.98. The maximum Gasteiger partial charge on any atom is 0.252 e. The summed E-state index contributed by atoms with van der Waals surface area (Å²) in [6, 6.07) is 11.2. The number of carbonyl (C=O) groups excluding carboxylic acids is 1. The van der Waals surface area contributed by atoms with Gasteiger partial charge in [0.05, 0.1) is 40.2 Å². The topological polar surface area (TPSA) is 144 Å². The molecule has 0 radical (unpaired) electrons. The summed E-state index contributed by atoms with van der Waals surface area (Å²) in [7, 11) is 0. The highest BCUT2D eigenvalue weighted by Gasteiger charge is 2.46. The van der Waals surface area contributed by atoms with E-state index in [0.29, 0.717) is 30.5 Å². The van der Waals surface area contributed by atoms with Crippen LogP contribution in [0.2, 0.25) is 0 Å². The SMILES string of the molecule is N#CCN(c1ccncc1C(N)=O)C1CC(O)(Cc2ccc3cc(C#N)cnn23)C1. The Labute approximate surface area is 172 Å². The minimum absolute atomic E-state index is 0.0671. The van der Waals surface area contributed by atoms with Crippen LogP contribution < -0.4 is 10.6 Å².